The maximum atomic E-state index is 2.46. The molecule has 212 valence electrons. The number of anilines is 2. The van der Waals surface area contributed by atoms with Gasteiger partial charge in [-0.05, 0) is 38.1 Å². The Morgan fingerprint density at radius 2 is 0.900 bits per heavy atom. The molecule has 0 aromatic heterocycles. The number of halogens is 3. The van der Waals surface area contributed by atoms with Crippen molar-refractivity contribution in [2.24, 2.45) is 0 Å². The fraction of sp³-hybridized carbons (Fsp3) is 0.303. The van der Waals surface area contributed by atoms with Crippen molar-refractivity contribution in [1.82, 2.24) is 0 Å². The van der Waals surface area contributed by atoms with Crippen LogP contribution in [0.15, 0.2) is 66.7 Å². The van der Waals surface area contributed by atoms with Crippen molar-refractivity contribution in [2.75, 3.05) is 38.0 Å². The molecule has 0 spiro atoms. The van der Waals surface area contributed by atoms with E-state index in [9.17, 15) is 0 Å². The molecule has 4 rings (SSSR count). The molecule has 4 aromatic rings. The van der Waals surface area contributed by atoms with Crippen LogP contribution >= 0.6 is 0 Å². The third-order valence-electron chi connectivity index (χ3n) is 8.06. The number of hydrogen-bond acceptors (Lipinski definition) is 2. The van der Waals surface area contributed by atoms with E-state index in [0.717, 1.165) is 0 Å². The van der Waals surface area contributed by atoms with E-state index in [1.807, 2.05) is 0 Å². The van der Waals surface area contributed by atoms with Gasteiger partial charge in [0.25, 0.3) is 0 Å². The third kappa shape index (κ3) is 6.72. The van der Waals surface area contributed by atoms with E-state index in [1.165, 1.54) is 60.3 Å². The summed E-state index contributed by atoms with van der Waals surface area (Å²) >= 11 is 0. The summed E-state index contributed by atoms with van der Waals surface area (Å²) in [5.74, 6) is 0. The number of nitrogens with zero attached hydrogens (tertiary/aromatic N) is 2. The molecule has 0 radical (unpaired) electrons. The average Bonchev–Trinajstić information content (AvgIpc) is 3.03. The first-order valence-corrected chi connectivity index (χ1v) is 14.9. The predicted octanol–water partition coefficient (Wildman–Crippen LogP) is -4.23. The summed E-state index contributed by atoms with van der Waals surface area (Å²) in [7, 11) is 5.88. The largest absolute Gasteiger partial charge is 4.00 e. The topological polar surface area (TPSA) is 6.48 Å². The molecule has 7 heteroatoms. The van der Waals surface area contributed by atoms with Gasteiger partial charge in [-0.3, -0.25) is 0 Å². The van der Waals surface area contributed by atoms with Crippen LogP contribution in [0.1, 0.15) is 33.4 Å². The van der Waals surface area contributed by atoms with Gasteiger partial charge in [-0.2, -0.15) is 22.3 Å². The van der Waals surface area contributed by atoms with Crippen LogP contribution in [0, 0.1) is 41.5 Å². The Balaban J connectivity index is 0.00000380. The third-order valence-corrected chi connectivity index (χ3v) is 13.1. The Kier molecular flexibility index (Phi) is 14.5. The maximum Gasteiger partial charge on any atom is 4.00 e. The summed E-state index contributed by atoms with van der Waals surface area (Å²) in [5, 5.41) is 5.88. The first kappa shape index (κ1) is 38.4. The second-order valence-electron chi connectivity index (χ2n) is 10.9. The molecule has 0 N–H and O–H groups in total. The molecule has 4 aromatic carbocycles. The summed E-state index contributed by atoms with van der Waals surface area (Å²) in [6.45, 7) is 13.8. The van der Waals surface area contributed by atoms with Gasteiger partial charge in [0.15, 0.2) is 0 Å². The zero-order valence-corrected chi connectivity index (χ0v) is 30.2. The molecule has 0 saturated carbocycles. The van der Waals surface area contributed by atoms with Gasteiger partial charge < -0.3 is 47.0 Å². The normalized spacial score (nSPS) is 10.4. The Morgan fingerprint density at radius 3 is 1.25 bits per heavy atom. The van der Waals surface area contributed by atoms with E-state index in [4.69, 9.17) is 0 Å². The molecule has 0 heterocycles. The van der Waals surface area contributed by atoms with Crippen LogP contribution in [-0.2, 0) is 21.7 Å². The summed E-state index contributed by atoms with van der Waals surface area (Å²) in [6.07, 6.45) is 0. The standard InChI is InChI=1S/C33H41N2Si.3ClH.Ti/c1-22-17-23(2)19-32(18-22)36(30-15-11-13-28(20-30)34(7)8,31-16-12-14-29(21-31)35(9)10)33-26(5)24(3)25(4)27(33)6;;;;/h11-21H,1-10H3;3*1H;/q-1;;;;+4/p-3. The van der Waals surface area contributed by atoms with Gasteiger partial charge in [-0.15, -0.1) is 5.19 Å². The van der Waals surface area contributed by atoms with Crippen LogP contribution in [0.4, 0.5) is 11.4 Å². The van der Waals surface area contributed by atoms with Gasteiger partial charge in [0.2, 0.25) is 0 Å². The van der Waals surface area contributed by atoms with Gasteiger partial charge in [0.05, 0.1) is 0 Å². The second kappa shape index (κ2) is 15.0. The van der Waals surface area contributed by atoms with E-state index in [1.54, 1.807) is 5.19 Å². The van der Waals surface area contributed by atoms with Crippen molar-refractivity contribution < 1.29 is 58.9 Å². The molecule has 0 aliphatic rings. The molecular formula is C33H41Cl3N2SiTi. The monoisotopic (exact) mass is 646 g/mol. The Labute approximate surface area is 277 Å². The van der Waals surface area contributed by atoms with Crippen LogP contribution < -0.4 is 67.8 Å². The first-order valence-electron chi connectivity index (χ1n) is 12.9. The van der Waals surface area contributed by atoms with Crippen molar-refractivity contribution in [1.29, 1.82) is 0 Å². The van der Waals surface area contributed by atoms with Crippen LogP contribution in [0.2, 0.25) is 0 Å². The maximum absolute atomic E-state index is 2.67. The molecule has 0 unspecified atom stereocenters. The smallest absolute Gasteiger partial charge is 1.00 e. The number of rotatable bonds is 6. The van der Waals surface area contributed by atoms with Gasteiger partial charge in [0, 0.05) is 39.6 Å². The molecule has 2 nitrogen and oxygen atoms in total. The quantitative estimate of drug-likeness (QED) is 0.119. The molecule has 0 aliphatic heterocycles. The number of aryl methyl sites for hydroxylation is 2. The minimum atomic E-state index is -2.67. The molecule has 0 bridgehead atoms. The van der Waals surface area contributed by atoms with Gasteiger partial charge in [0.1, 0.15) is 8.07 Å². The van der Waals surface area contributed by atoms with Crippen LogP contribution in [-0.4, -0.2) is 36.3 Å². The molecule has 0 aliphatic carbocycles. The zero-order valence-electron chi connectivity index (χ0n) is 25.4. The second-order valence-corrected chi connectivity index (χ2v) is 14.6. The molecule has 0 atom stereocenters. The zero-order chi connectivity index (χ0) is 26.4. The van der Waals surface area contributed by atoms with E-state index in [0.29, 0.717) is 0 Å². The molecule has 0 fully saturated rings. The minimum Gasteiger partial charge on any atom is -1.00 e. The van der Waals surface area contributed by atoms with Crippen molar-refractivity contribution in [2.45, 2.75) is 41.5 Å². The summed E-state index contributed by atoms with van der Waals surface area (Å²) < 4.78 is 0. The van der Waals surface area contributed by atoms with E-state index in [2.05, 4.69) is 146 Å². The first-order chi connectivity index (χ1) is 17.0. The van der Waals surface area contributed by atoms with E-state index < -0.39 is 8.07 Å². The van der Waals surface area contributed by atoms with E-state index >= 15 is 0 Å². The van der Waals surface area contributed by atoms with Gasteiger partial charge >= 0.3 is 21.7 Å². The Morgan fingerprint density at radius 1 is 0.525 bits per heavy atom. The van der Waals surface area contributed by atoms with Gasteiger partial charge in [-0.1, -0.05) is 96.8 Å². The summed E-state index contributed by atoms with van der Waals surface area (Å²) in [6, 6.07) is 25.8. The minimum absolute atomic E-state index is 0. The van der Waals surface area contributed by atoms with Gasteiger partial charge in [-0.25, -0.2) is 0 Å². The van der Waals surface area contributed by atoms with Crippen LogP contribution in [0.3, 0.4) is 0 Å². The predicted molar refractivity (Wildman–Crippen MR) is 163 cm³/mol. The fourth-order valence-electron chi connectivity index (χ4n) is 5.94. The van der Waals surface area contributed by atoms with E-state index in [-0.39, 0.29) is 58.9 Å². The average molecular weight is 648 g/mol. The summed E-state index contributed by atoms with van der Waals surface area (Å²) in [5.41, 5.74) is 10.9. The molecule has 0 saturated heterocycles. The Hall–Kier alpha value is -1.59. The van der Waals surface area contributed by atoms with Crippen LogP contribution in [0.25, 0.3) is 0 Å². The van der Waals surface area contributed by atoms with Crippen molar-refractivity contribution in [3.8, 4) is 0 Å². The fourth-order valence-corrected chi connectivity index (χ4v) is 11.6. The van der Waals surface area contributed by atoms with Crippen molar-refractivity contribution in [3.05, 3.63) is 100 Å². The number of hydrogen-bond donors (Lipinski definition) is 0. The molecule has 40 heavy (non-hydrogen) atoms. The number of benzene rings is 3. The molecule has 0 amide bonds. The molecular weight excluding hydrogens is 607 g/mol. The SMILES string of the molecule is Cc1cc(C)cc([Si](c2cccc(N(C)C)c2)(c2cccc(N(C)C)c2)[c-]2c(C)c(C)c(C)c2C)c1.[Cl-].[Cl-].[Cl-].[Ti+4]. The van der Waals surface area contributed by atoms with Crippen molar-refractivity contribution >= 4 is 40.2 Å². The Bertz CT molecular complexity index is 1330. The summed E-state index contributed by atoms with van der Waals surface area (Å²) in [4.78, 5) is 4.45. The van der Waals surface area contributed by atoms with Crippen molar-refractivity contribution in [3.63, 3.8) is 0 Å². The van der Waals surface area contributed by atoms with Crippen LogP contribution in [0.5, 0.6) is 0 Å².